The van der Waals surface area contributed by atoms with Gasteiger partial charge in [0.2, 0.25) is 0 Å². The summed E-state index contributed by atoms with van der Waals surface area (Å²) in [6.45, 7) is 5.49. The van der Waals surface area contributed by atoms with Crippen molar-refractivity contribution in [2.24, 2.45) is 5.92 Å². The molecule has 3 atom stereocenters. The highest BCUT2D eigenvalue weighted by molar-refractivity contribution is 8.00. The molecule has 1 saturated carbocycles. The van der Waals surface area contributed by atoms with Gasteiger partial charge in [0, 0.05) is 16.2 Å². The quantitative estimate of drug-likeness (QED) is 0.882. The molecular formula is C15H22FNS. The van der Waals surface area contributed by atoms with E-state index in [-0.39, 0.29) is 5.82 Å². The number of nitrogens with one attached hydrogen (secondary N) is 1. The predicted molar refractivity (Wildman–Crippen MR) is 76.5 cm³/mol. The van der Waals surface area contributed by atoms with Crippen molar-refractivity contribution in [3.05, 3.63) is 30.1 Å². The number of benzene rings is 1. The van der Waals surface area contributed by atoms with Gasteiger partial charge < -0.3 is 5.32 Å². The van der Waals surface area contributed by atoms with Crippen LogP contribution in [0.4, 0.5) is 4.39 Å². The molecule has 100 valence electrons. The second-order valence-corrected chi connectivity index (χ2v) is 6.51. The summed E-state index contributed by atoms with van der Waals surface area (Å²) in [5.74, 6) is 0.648. The third-order valence-electron chi connectivity index (χ3n) is 3.60. The van der Waals surface area contributed by atoms with Crippen LogP contribution in [0, 0.1) is 11.7 Å². The fraction of sp³-hybridized carbons (Fsp3) is 0.600. The van der Waals surface area contributed by atoms with Crippen LogP contribution in [0.5, 0.6) is 0 Å². The van der Waals surface area contributed by atoms with Gasteiger partial charge in [-0.3, -0.25) is 0 Å². The van der Waals surface area contributed by atoms with Crippen LogP contribution in [0.1, 0.15) is 33.1 Å². The Balaban J connectivity index is 2.03. The largest absolute Gasteiger partial charge is 0.313 e. The van der Waals surface area contributed by atoms with E-state index in [0.717, 1.165) is 17.4 Å². The highest BCUT2D eigenvalue weighted by Gasteiger charge is 2.28. The summed E-state index contributed by atoms with van der Waals surface area (Å²) in [5.41, 5.74) is 0. The Kier molecular flexibility index (Phi) is 5.07. The van der Waals surface area contributed by atoms with Gasteiger partial charge >= 0.3 is 0 Å². The van der Waals surface area contributed by atoms with Crippen LogP contribution in [-0.2, 0) is 0 Å². The summed E-state index contributed by atoms with van der Waals surface area (Å²) < 4.78 is 13.2. The monoisotopic (exact) mass is 267 g/mol. The lowest BCUT2D eigenvalue weighted by atomic mass is 9.87. The Labute approximate surface area is 114 Å². The first kappa shape index (κ1) is 13.9. The van der Waals surface area contributed by atoms with Crippen molar-refractivity contribution in [1.82, 2.24) is 5.32 Å². The van der Waals surface area contributed by atoms with Crippen molar-refractivity contribution in [2.75, 3.05) is 6.54 Å². The molecule has 0 amide bonds. The highest BCUT2D eigenvalue weighted by atomic mass is 32.2. The van der Waals surface area contributed by atoms with Crippen molar-refractivity contribution in [2.45, 2.75) is 49.3 Å². The molecule has 1 aromatic rings. The van der Waals surface area contributed by atoms with Gasteiger partial charge in [0.05, 0.1) is 0 Å². The first-order valence-electron chi connectivity index (χ1n) is 6.84. The minimum Gasteiger partial charge on any atom is -0.313 e. The number of hydrogen-bond donors (Lipinski definition) is 1. The van der Waals surface area contributed by atoms with Gasteiger partial charge in [0.1, 0.15) is 5.82 Å². The van der Waals surface area contributed by atoms with Crippen LogP contribution >= 0.6 is 11.8 Å². The van der Waals surface area contributed by atoms with E-state index < -0.39 is 0 Å². The topological polar surface area (TPSA) is 12.0 Å². The van der Waals surface area contributed by atoms with Crippen molar-refractivity contribution in [3.8, 4) is 0 Å². The number of hydrogen-bond acceptors (Lipinski definition) is 2. The number of rotatable bonds is 4. The molecule has 3 heteroatoms. The molecule has 0 radical (unpaired) electrons. The molecule has 0 heterocycles. The zero-order valence-corrected chi connectivity index (χ0v) is 12.0. The van der Waals surface area contributed by atoms with E-state index in [1.807, 2.05) is 17.8 Å². The van der Waals surface area contributed by atoms with Crippen LogP contribution in [0.15, 0.2) is 29.2 Å². The van der Waals surface area contributed by atoms with E-state index in [2.05, 4.69) is 19.2 Å². The molecule has 2 rings (SSSR count). The SMILES string of the molecule is CCNC1CCC(C)CC1Sc1cccc(F)c1. The molecule has 0 spiro atoms. The zero-order valence-electron chi connectivity index (χ0n) is 11.2. The second-order valence-electron chi connectivity index (χ2n) is 5.20. The second kappa shape index (κ2) is 6.58. The van der Waals surface area contributed by atoms with E-state index in [1.54, 1.807) is 12.1 Å². The van der Waals surface area contributed by atoms with Gasteiger partial charge in [-0.1, -0.05) is 19.9 Å². The van der Waals surface area contributed by atoms with Crippen molar-refractivity contribution in [3.63, 3.8) is 0 Å². The third-order valence-corrected chi connectivity index (χ3v) is 4.95. The minimum absolute atomic E-state index is 0.135. The highest BCUT2D eigenvalue weighted by Crippen LogP contribution is 2.36. The van der Waals surface area contributed by atoms with Crippen LogP contribution in [0.3, 0.4) is 0 Å². The Morgan fingerprint density at radius 3 is 2.94 bits per heavy atom. The van der Waals surface area contributed by atoms with E-state index in [9.17, 15) is 4.39 Å². The standard InChI is InChI=1S/C15H22FNS/c1-3-17-14-8-7-11(2)9-15(14)18-13-6-4-5-12(16)10-13/h4-6,10-11,14-15,17H,3,7-9H2,1-2H3. The maximum Gasteiger partial charge on any atom is 0.124 e. The van der Waals surface area contributed by atoms with E-state index >= 15 is 0 Å². The molecule has 3 unspecified atom stereocenters. The molecule has 0 bridgehead atoms. The van der Waals surface area contributed by atoms with Crippen LogP contribution < -0.4 is 5.32 Å². The molecule has 1 fully saturated rings. The zero-order chi connectivity index (χ0) is 13.0. The predicted octanol–water partition coefficient (Wildman–Crippen LogP) is 4.08. The first-order chi connectivity index (χ1) is 8.69. The first-order valence-corrected chi connectivity index (χ1v) is 7.72. The van der Waals surface area contributed by atoms with E-state index in [4.69, 9.17) is 0 Å². The lowest BCUT2D eigenvalue weighted by molar-refractivity contribution is 0.320. The average molecular weight is 267 g/mol. The van der Waals surface area contributed by atoms with Gasteiger partial charge in [-0.05, 0) is 49.9 Å². The summed E-state index contributed by atoms with van der Waals surface area (Å²) in [4.78, 5) is 1.05. The Bertz CT molecular complexity index is 383. The summed E-state index contributed by atoms with van der Waals surface area (Å²) in [5, 5.41) is 4.14. The fourth-order valence-electron chi connectivity index (χ4n) is 2.67. The van der Waals surface area contributed by atoms with E-state index in [1.165, 1.54) is 25.3 Å². The smallest absolute Gasteiger partial charge is 0.124 e. The fourth-order valence-corrected chi connectivity index (χ4v) is 4.18. The molecule has 1 N–H and O–H groups in total. The number of thioether (sulfide) groups is 1. The molecule has 0 aliphatic heterocycles. The minimum atomic E-state index is -0.135. The normalized spacial score (nSPS) is 28.3. The molecule has 1 nitrogen and oxygen atoms in total. The molecule has 0 aromatic heterocycles. The van der Waals surface area contributed by atoms with Gasteiger partial charge in [0.15, 0.2) is 0 Å². The maximum atomic E-state index is 13.2. The lowest BCUT2D eigenvalue weighted by Crippen LogP contribution is -2.42. The molecule has 1 aliphatic rings. The molecular weight excluding hydrogens is 245 g/mol. The van der Waals surface area contributed by atoms with Gasteiger partial charge in [0.25, 0.3) is 0 Å². The summed E-state index contributed by atoms with van der Waals surface area (Å²) in [6.07, 6.45) is 3.76. The molecule has 18 heavy (non-hydrogen) atoms. The lowest BCUT2D eigenvalue weighted by Gasteiger charge is -2.35. The molecule has 0 saturated heterocycles. The summed E-state index contributed by atoms with van der Waals surface area (Å²) >= 11 is 1.83. The third kappa shape index (κ3) is 3.72. The van der Waals surface area contributed by atoms with Crippen LogP contribution in [0.2, 0.25) is 0 Å². The van der Waals surface area contributed by atoms with Gasteiger partial charge in [-0.15, -0.1) is 11.8 Å². The van der Waals surface area contributed by atoms with E-state index in [0.29, 0.717) is 11.3 Å². The van der Waals surface area contributed by atoms with Crippen LogP contribution in [-0.4, -0.2) is 17.8 Å². The van der Waals surface area contributed by atoms with Crippen molar-refractivity contribution < 1.29 is 4.39 Å². The Morgan fingerprint density at radius 2 is 2.22 bits per heavy atom. The molecule has 1 aliphatic carbocycles. The van der Waals surface area contributed by atoms with Gasteiger partial charge in [-0.2, -0.15) is 0 Å². The van der Waals surface area contributed by atoms with Crippen molar-refractivity contribution in [1.29, 1.82) is 0 Å². The van der Waals surface area contributed by atoms with Crippen molar-refractivity contribution >= 4 is 11.8 Å². The Morgan fingerprint density at radius 1 is 1.39 bits per heavy atom. The van der Waals surface area contributed by atoms with Gasteiger partial charge in [-0.25, -0.2) is 4.39 Å². The summed E-state index contributed by atoms with van der Waals surface area (Å²) in [7, 11) is 0. The summed E-state index contributed by atoms with van der Waals surface area (Å²) in [6, 6.07) is 7.53. The Hall–Kier alpha value is -0.540. The number of halogens is 1. The molecule has 1 aromatic carbocycles. The average Bonchev–Trinajstić information content (AvgIpc) is 2.33. The van der Waals surface area contributed by atoms with Crippen LogP contribution in [0.25, 0.3) is 0 Å². The maximum absolute atomic E-state index is 13.2.